The fourth-order valence-electron chi connectivity index (χ4n) is 3.09. The number of nitriles is 1. The Morgan fingerprint density at radius 3 is 2.09 bits per heavy atom. The van der Waals surface area contributed by atoms with E-state index in [1.54, 1.807) is 18.2 Å². The molecular weight excluding hydrogens is 428 g/mol. The minimum absolute atomic E-state index is 0.0783. The molecule has 0 radical (unpaired) electrons. The van der Waals surface area contributed by atoms with Crippen molar-refractivity contribution in [1.29, 1.82) is 5.26 Å². The summed E-state index contributed by atoms with van der Waals surface area (Å²) in [6.45, 7) is 2.13. The Kier molecular flexibility index (Phi) is 7.87. The molecule has 0 aliphatic carbocycles. The predicted octanol–water partition coefficient (Wildman–Crippen LogP) is 6.01. The normalized spacial score (nSPS) is 10.4. The van der Waals surface area contributed by atoms with Gasteiger partial charge in [-0.3, -0.25) is 0 Å². The van der Waals surface area contributed by atoms with Gasteiger partial charge in [0.1, 0.15) is 29.2 Å². The number of carbonyl (C=O) groups excluding carboxylic acids is 2. The molecule has 0 bridgehead atoms. The predicted molar refractivity (Wildman–Crippen MR) is 117 cm³/mol. The van der Waals surface area contributed by atoms with Gasteiger partial charge in [0, 0.05) is 12.1 Å². The number of hydrogen-bond donors (Lipinski definition) is 0. The van der Waals surface area contributed by atoms with E-state index in [-0.39, 0.29) is 17.1 Å². The van der Waals surface area contributed by atoms with E-state index >= 15 is 0 Å². The van der Waals surface area contributed by atoms with Crippen molar-refractivity contribution >= 4 is 11.9 Å². The van der Waals surface area contributed by atoms with Gasteiger partial charge in [-0.1, -0.05) is 31.9 Å². The van der Waals surface area contributed by atoms with Crippen molar-refractivity contribution in [2.24, 2.45) is 0 Å². The summed E-state index contributed by atoms with van der Waals surface area (Å²) in [5.74, 6) is -3.80. The van der Waals surface area contributed by atoms with Crippen LogP contribution in [-0.4, -0.2) is 11.9 Å². The lowest BCUT2D eigenvalue weighted by molar-refractivity contribution is 0.0728. The second-order valence-corrected chi connectivity index (χ2v) is 7.33. The van der Waals surface area contributed by atoms with Crippen molar-refractivity contribution < 1.29 is 27.8 Å². The molecule has 33 heavy (non-hydrogen) atoms. The summed E-state index contributed by atoms with van der Waals surface area (Å²) >= 11 is 0. The first-order valence-corrected chi connectivity index (χ1v) is 10.4. The summed E-state index contributed by atoms with van der Waals surface area (Å²) in [6, 6.07) is 15.2. The standard InChI is InChI=1S/C26H21F2NO4/c1-2-3-4-5-17-6-8-18(9-7-17)25(30)32-21-12-13-22(24(28)15-21)26(31)33-20-11-10-19(16-29)23(27)14-20/h6-15H,2-5H2,1H3. The summed E-state index contributed by atoms with van der Waals surface area (Å²) in [4.78, 5) is 24.6. The molecule has 0 aliphatic heterocycles. The largest absolute Gasteiger partial charge is 0.423 e. The van der Waals surface area contributed by atoms with Crippen LogP contribution in [0.2, 0.25) is 0 Å². The maximum absolute atomic E-state index is 14.4. The van der Waals surface area contributed by atoms with Crippen LogP contribution in [0.5, 0.6) is 11.5 Å². The molecule has 0 aromatic heterocycles. The van der Waals surface area contributed by atoms with Crippen LogP contribution >= 0.6 is 0 Å². The number of aryl methyl sites for hydroxylation is 1. The van der Waals surface area contributed by atoms with Gasteiger partial charge in [0.25, 0.3) is 0 Å². The molecule has 0 saturated heterocycles. The summed E-state index contributed by atoms with van der Waals surface area (Å²) in [7, 11) is 0. The Morgan fingerprint density at radius 1 is 0.848 bits per heavy atom. The molecule has 0 saturated carbocycles. The van der Waals surface area contributed by atoms with Crippen LogP contribution in [0.3, 0.4) is 0 Å². The summed E-state index contributed by atoms with van der Waals surface area (Å²) in [5.41, 5.74) is 0.811. The zero-order chi connectivity index (χ0) is 23.8. The lowest BCUT2D eigenvalue weighted by Gasteiger charge is -2.08. The van der Waals surface area contributed by atoms with Crippen LogP contribution in [0.4, 0.5) is 8.78 Å². The third-order valence-corrected chi connectivity index (χ3v) is 4.90. The smallest absolute Gasteiger partial charge is 0.346 e. The number of unbranched alkanes of at least 4 members (excludes halogenated alkanes) is 2. The van der Waals surface area contributed by atoms with Crippen molar-refractivity contribution in [3.05, 3.63) is 94.6 Å². The van der Waals surface area contributed by atoms with Crippen molar-refractivity contribution in [2.75, 3.05) is 0 Å². The number of nitrogens with zero attached hydrogens (tertiary/aromatic N) is 1. The molecule has 0 amide bonds. The van der Waals surface area contributed by atoms with Crippen LogP contribution in [-0.2, 0) is 6.42 Å². The van der Waals surface area contributed by atoms with Crippen LogP contribution < -0.4 is 9.47 Å². The second kappa shape index (κ2) is 11.0. The average molecular weight is 449 g/mol. The van der Waals surface area contributed by atoms with Gasteiger partial charge in [0.05, 0.1) is 16.7 Å². The first-order chi connectivity index (χ1) is 15.9. The monoisotopic (exact) mass is 449 g/mol. The number of benzene rings is 3. The molecule has 0 spiro atoms. The minimum atomic E-state index is -1.06. The van der Waals surface area contributed by atoms with Crippen LogP contribution in [0.1, 0.15) is 58.0 Å². The third kappa shape index (κ3) is 6.23. The maximum atomic E-state index is 14.4. The fraction of sp³-hybridized carbons (Fsp3) is 0.192. The molecule has 0 unspecified atom stereocenters. The minimum Gasteiger partial charge on any atom is -0.423 e. The SMILES string of the molecule is CCCCCc1ccc(C(=O)Oc2ccc(C(=O)Oc3ccc(C#N)c(F)c3)c(F)c2)cc1. The number of halogens is 2. The first kappa shape index (κ1) is 23.6. The van der Waals surface area contributed by atoms with Crippen molar-refractivity contribution in [3.8, 4) is 17.6 Å². The highest BCUT2D eigenvalue weighted by Crippen LogP contribution is 2.22. The van der Waals surface area contributed by atoms with Crippen LogP contribution in [0, 0.1) is 23.0 Å². The Morgan fingerprint density at radius 2 is 1.48 bits per heavy atom. The fourth-order valence-corrected chi connectivity index (χ4v) is 3.09. The molecule has 3 rings (SSSR count). The van der Waals surface area contributed by atoms with Gasteiger partial charge in [-0.05, 0) is 54.8 Å². The van der Waals surface area contributed by atoms with Gasteiger partial charge in [-0.15, -0.1) is 0 Å². The Bertz CT molecular complexity index is 1200. The van der Waals surface area contributed by atoms with Gasteiger partial charge in [-0.2, -0.15) is 5.26 Å². The van der Waals surface area contributed by atoms with E-state index in [2.05, 4.69) is 6.92 Å². The van der Waals surface area contributed by atoms with Crippen molar-refractivity contribution in [3.63, 3.8) is 0 Å². The van der Waals surface area contributed by atoms with Gasteiger partial charge in [-0.25, -0.2) is 18.4 Å². The molecule has 3 aromatic rings. The topological polar surface area (TPSA) is 76.4 Å². The molecular formula is C26H21F2NO4. The van der Waals surface area contributed by atoms with Gasteiger partial charge in [0.2, 0.25) is 0 Å². The van der Waals surface area contributed by atoms with E-state index in [4.69, 9.17) is 14.7 Å². The van der Waals surface area contributed by atoms with Gasteiger partial charge < -0.3 is 9.47 Å². The maximum Gasteiger partial charge on any atom is 0.346 e. The van der Waals surface area contributed by atoms with Gasteiger partial charge >= 0.3 is 11.9 Å². The zero-order valence-corrected chi connectivity index (χ0v) is 17.9. The first-order valence-electron chi connectivity index (χ1n) is 10.4. The van der Waals surface area contributed by atoms with E-state index in [9.17, 15) is 18.4 Å². The highest BCUT2D eigenvalue weighted by Gasteiger charge is 2.17. The number of ether oxygens (including phenoxy) is 2. The quantitative estimate of drug-likeness (QED) is 0.239. The number of rotatable bonds is 8. The molecule has 0 heterocycles. The third-order valence-electron chi connectivity index (χ3n) is 4.90. The number of hydrogen-bond acceptors (Lipinski definition) is 5. The number of carbonyl (C=O) groups is 2. The lowest BCUT2D eigenvalue weighted by atomic mass is 10.1. The Labute approximate surface area is 190 Å². The Balaban J connectivity index is 1.64. The summed E-state index contributed by atoms with van der Waals surface area (Å²) in [5, 5.41) is 8.74. The zero-order valence-electron chi connectivity index (χ0n) is 17.9. The van der Waals surface area contributed by atoms with E-state index in [0.717, 1.165) is 55.5 Å². The molecule has 3 aromatic carbocycles. The second-order valence-electron chi connectivity index (χ2n) is 7.33. The summed E-state index contributed by atoms with van der Waals surface area (Å²) < 4.78 is 38.3. The molecule has 168 valence electrons. The number of esters is 2. The van der Waals surface area contributed by atoms with E-state index in [1.807, 2.05) is 12.1 Å². The molecule has 0 atom stereocenters. The molecule has 0 fully saturated rings. The van der Waals surface area contributed by atoms with E-state index in [0.29, 0.717) is 5.56 Å². The average Bonchev–Trinajstić information content (AvgIpc) is 2.80. The van der Waals surface area contributed by atoms with Crippen molar-refractivity contribution in [1.82, 2.24) is 0 Å². The molecule has 7 heteroatoms. The van der Waals surface area contributed by atoms with Crippen molar-refractivity contribution in [2.45, 2.75) is 32.6 Å². The molecule has 5 nitrogen and oxygen atoms in total. The van der Waals surface area contributed by atoms with Crippen LogP contribution in [0.25, 0.3) is 0 Å². The highest BCUT2D eigenvalue weighted by atomic mass is 19.1. The highest BCUT2D eigenvalue weighted by molar-refractivity contribution is 5.93. The van der Waals surface area contributed by atoms with Gasteiger partial charge in [0.15, 0.2) is 0 Å². The van der Waals surface area contributed by atoms with E-state index in [1.165, 1.54) is 12.1 Å². The molecule has 0 N–H and O–H groups in total. The van der Waals surface area contributed by atoms with E-state index < -0.39 is 29.1 Å². The Hall–Kier alpha value is -4.05. The summed E-state index contributed by atoms with van der Waals surface area (Å²) in [6.07, 6.45) is 4.28. The lowest BCUT2D eigenvalue weighted by Crippen LogP contribution is -2.12. The van der Waals surface area contributed by atoms with Crippen LogP contribution in [0.15, 0.2) is 60.7 Å². The molecule has 0 aliphatic rings.